The van der Waals surface area contributed by atoms with Gasteiger partial charge in [0.05, 0.1) is 16.3 Å². The predicted octanol–water partition coefficient (Wildman–Crippen LogP) is 4.37. The van der Waals surface area contributed by atoms with Gasteiger partial charge in [-0.15, -0.1) is 11.3 Å². The van der Waals surface area contributed by atoms with Crippen molar-refractivity contribution in [3.05, 3.63) is 65.8 Å². The number of amides is 1. The van der Waals surface area contributed by atoms with Crippen LogP contribution in [0.1, 0.15) is 30.0 Å². The number of nitrogens with zero attached hydrogens (tertiary/aromatic N) is 5. The van der Waals surface area contributed by atoms with Crippen LogP contribution in [-0.2, 0) is 11.4 Å². The Kier molecular flexibility index (Phi) is 6.02. The number of nitrogens with two attached hydrogens (primary N) is 1. The van der Waals surface area contributed by atoms with Crippen molar-refractivity contribution >= 4 is 34.1 Å². The number of benzene rings is 1. The lowest BCUT2D eigenvalue weighted by Crippen LogP contribution is -2.40. The van der Waals surface area contributed by atoms with Gasteiger partial charge in [-0.05, 0) is 49.4 Å². The molecule has 1 aliphatic heterocycles. The second-order valence-corrected chi connectivity index (χ2v) is 9.37. The molecular formula is C25H26N6O2S. The molecule has 5 rings (SSSR count). The van der Waals surface area contributed by atoms with Crippen molar-refractivity contribution in [2.24, 2.45) is 0 Å². The van der Waals surface area contributed by atoms with Crippen molar-refractivity contribution in [2.45, 2.75) is 32.4 Å². The van der Waals surface area contributed by atoms with Gasteiger partial charge in [0.25, 0.3) is 0 Å². The quantitative estimate of drug-likeness (QED) is 0.417. The van der Waals surface area contributed by atoms with Crippen molar-refractivity contribution in [2.75, 3.05) is 18.8 Å². The number of carbonyl (C=O) groups excluding carboxylic acids is 1. The lowest BCUT2D eigenvalue weighted by molar-refractivity contribution is -0.127. The topological polar surface area (TPSA) is 99.2 Å². The molecule has 1 saturated heterocycles. The molecule has 0 aliphatic carbocycles. The van der Waals surface area contributed by atoms with E-state index in [2.05, 4.69) is 34.9 Å². The van der Waals surface area contributed by atoms with Crippen LogP contribution in [0, 0.1) is 6.92 Å². The van der Waals surface area contributed by atoms with Gasteiger partial charge in [-0.3, -0.25) is 4.79 Å². The van der Waals surface area contributed by atoms with Crippen LogP contribution in [0.2, 0.25) is 0 Å². The second kappa shape index (κ2) is 9.26. The number of ether oxygens (including phenoxy) is 1. The Morgan fingerprint density at radius 3 is 2.94 bits per heavy atom. The predicted molar refractivity (Wildman–Crippen MR) is 134 cm³/mol. The lowest BCUT2D eigenvalue weighted by atomic mass is 10.1. The minimum atomic E-state index is -0.0630. The molecule has 0 saturated carbocycles. The Morgan fingerprint density at radius 1 is 1.32 bits per heavy atom. The summed E-state index contributed by atoms with van der Waals surface area (Å²) >= 11 is 1.59. The fourth-order valence-corrected chi connectivity index (χ4v) is 5.17. The second-order valence-electron chi connectivity index (χ2n) is 8.46. The van der Waals surface area contributed by atoms with E-state index in [1.165, 1.54) is 18.0 Å². The summed E-state index contributed by atoms with van der Waals surface area (Å²) in [5.41, 5.74) is 9.98. The lowest BCUT2D eigenvalue weighted by Gasteiger charge is -2.32. The molecule has 9 heteroatoms. The van der Waals surface area contributed by atoms with Gasteiger partial charge in [0.2, 0.25) is 5.91 Å². The first-order valence-corrected chi connectivity index (χ1v) is 12.1. The maximum Gasteiger partial charge on any atom is 0.246 e. The van der Waals surface area contributed by atoms with Gasteiger partial charge >= 0.3 is 0 Å². The van der Waals surface area contributed by atoms with Crippen molar-refractivity contribution in [1.29, 1.82) is 0 Å². The van der Waals surface area contributed by atoms with Crippen LogP contribution in [0.15, 0.2) is 54.7 Å². The number of hydrogen-bond acceptors (Lipinski definition) is 7. The van der Waals surface area contributed by atoms with Gasteiger partial charge in [0, 0.05) is 18.7 Å². The highest BCUT2D eigenvalue weighted by Crippen LogP contribution is 2.36. The van der Waals surface area contributed by atoms with E-state index in [9.17, 15) is 4.79 Å². The number of thiophene rings is 1. The third-order valence-corrected chi connectivity index (χ3v) is 7.05. The smallest absolute Gasteiger partial charge is 0.246 e. The van der Waals surface area contributed by atoms with Gasteiger partial charge < -0.3 is 15.4 Å². The minimum Gasteiger partial charge on any atom is -0.489 e. The molecule has 0 radical (unpaired) electrons. The Balaban J connectivity index is 1.44. The number of rotatable bonds is 6. The summed E-state index contributed by atoms with van der Waals surface area (Å²) < 4.78 is 7.85. The summed E-state index contributed by atoms with van der Waals surface area (Å²) in [6.45, 7) is 7.42. The van der Waals surface area contributed by atoms with Gasteiger partial charge in [-0.2, -0.15) is 5.10 Å². The third-order valence-electron chi connectivity index (χ3n) is 6.06. The zero-order valence-electron chi connectivity index (χ0n) is 19.0. The summed E-state index contributed by atoms with van der Waals surface area (Å²) in [5, 5.41) is 7.75. The normalized spacial score (nSPS) is 16.0. The molecule has 1 aromatic carbocycles. The Labute approximate surface area is 201 Å². The summed E-state index contributed by atoms with van der Waals surface area (Å²) in [5.74, 6) is 1.17. The van der Waals surface area contributed by atoms with Crippen molar-refractivity contribution in [3.63, 3.8) is 0 Å². The van der Waals surface area contributed by atoms with E-state index in [0.717, 1.165) is 46.7 Å². The van der Waals surface area contributed by atoms with Gasteiger partial charge in [-0.1, -0.05) is 24.3 Å². The number of likely N-dealkylation sites (tertiary alicyclic amines) is 1. The molecule has 1 atom stereocenters. The number of nitrogen functional groups attached to an aromatic ring is 1. The number of piperidine rings is 1. The highest BCUT2D eigenvalue weighted by molar-refractivity contribution is 7.13. The minimum absolute atomic E-state index is 0.00695. The van der Waals surface area contributed by atoms with E-state index in [-0.39, 0.29) is 11.9 Å². The number of hydrogen-bond donors (Lipinski definition) is 1. The average Bonchev–Trinajstić information content (AvgIpc) is 3.49. The Hall–Kier alpha value is -3.72. The van der Waals surface area contributed by atoms with E-state index in [1.807, 2.05) is 33.8 Å². The molecule has 0 spiro atoms. The summed E-state index contributed by atoms with van der Waals surface area (Å²) in [6.07, 6.45) is 4.62. The standard InChI is InChI=1S/C25H26N6O2S/c1-3-21(32)30-10-4-5-18(12-30)31-25-22(24(26)27-15-28-25)23(29-31)20-11-17(14-34-20)13-33-19-8-6-16(2)7-9-19/h3,6-9,11,14-15,18H,1,4-5,10,12-13H2,2H3,(H2,26,27,28). The fourth-order valence-electron chi connectivity index (χ4n) is 4.28. The first kappa shape index (κ1) is 22.1. The zero-order chi connectivity index (χ0) is 23.7. The molecule has 4 heterocycles. The van der Waals surface area contributed by atoms with E-state index in [0.29, 0.717) is 24.6 Å². The number of fused-ring (bicyclic) bond motifs is 1. The van der Waals surface area contributed by atoms with Crippen LogP contribution in [0.3, 0.4) is 0 Å². The van der Waals surface area contributed by atoms with Crippen LogP contribution < -0.4 is 10.5 Å². The van der Waals surface area contributed by atoms with Crippen LogP contribution in [0.5, 0.6) is 5.75 Å². The Bertz CT molecular complexity index is 1340. The molecule has 2 N–H and O–H groups in total. The first-order chi connectivity index (χ1) is 16.5. The van der Waals surface area contributed by atoms with Crippen LogP contribution >= 0.6 is 11.3 Å². The molecule has 3 aromatic heterocycles. The summed E-state index contributed by atoms with van der Waals surface area (Å²) in [6, 6.07) is 10.1. The first-order valence-electron chi connectivity index (χ1n) is 11.2. The highest BCUT2D eigenvalue weighted by atomic mass is 32.1. The molecule has 174 valence electrons. The van der Waals surface area contributed by atoms with Gasteiger partial charge in [0.15, 0.2) is 5.65 Å². The third kappa shape index (κ3) is 4.26. The molecular weight excluding hydrogens is 448 g/mol. The molecule has 4 aromatic rings. The monoisotopic (exact) mass is 474 g/mol. The van der Waals surface area contributed by atoms with Crippen LogP contribution in [0.25, 0.3) is 21.6 Å². The maximum absolute atomic E-state index is 12.2. The molecule has 34 heavy (non-hydrogen) atoms. The SMILES string of the molecule is C=CC(=O)N1CCCC(n2nc(-c3cc(COc4ccc(C)cc4)cs3)c3c(N)ncnc32)C1. The molecule has 8 nitrogen and oxygen atoms in total. The molecule has 1 aliphatic rings. The van der Waals surface area contributed by atoms with E-state index in [1.54, 1.807) is 11.3 Å². The van der Waals surface area contributed by atoms with Crippen molar-refractivity contribution < 1.29 is 9.53 Å². The van der Waals surface area contributed by atoms with Crippen LogP contribution in [0.4, 0.5) is 5.82 Å². The molecule has 0 bridgehead atoms. The molecule has 1 fully saturated rings. The van der Waals surface area contributed by atoms with Crippen molar-refractivity contribution in [1.82, 2.24) is 24.6 Å². The number of aryl methyl sites for hydroxylation is 1. The molecule has 1 amide bonds. The zero-order valence-corrected chi connectivity index (χ0v) is 19.8. The molecule has 1 unspecified atom stereocenters. The van der Waals surface area contributed by atoms with E-state index >= 15 is 0 Å². The fraction of sp³-hybridized carbons (Fsp3) is 0.280. The Morgan fingerprint density at radius 2 is 2.15 bits per heavy atom. The number of anilines is 1. The summed E-state index contributed by atoms with van der Waals surface area (Å²) in [4.78, 5) is 23.7. The van der Waals surface area contributed by atoms with Gasteiger partial charge in [-0.25, -0.2) is 14.6 Å². The van der Waals surface area contributed by atoms with Crippen molar-refractivity contribution in [3.8, 4) is 16.3 Å². The van der Waals surface area contributed by atoms with E-state index < -0.39 is 0 Å². The van der Waals surface area contributed by atoms with E-state index in [4.69, 9.17) is 15.6 Å². The maximum atomic E-state index is 12.2. The van der Waals surface area contributed by atoms with Gasteiger partial charge in [0.1, 0.15) is 30.2 Å². The summed E-state index contributed by atoms with van der Waals surface area (Å²) in [7, 11) is 0. The number of carbonyl (C=O) groups is 1. The largest absolute Gasteiger partial charge is 0.489 e. The average molecular weight is 475 g/mol. The highest BCUT2D eigenvalue weighted by Gasteiger charge is 2.28. The van der Waals surface area contributed by atoms with Crippen LogP contribution in [-0.4, -0.2) is 43.6 Å². The number of aromatic nitrogens is 4.